The molecule has 0 saturated heterocycles. The lowest BCUT2D eigenvalue weighted by atomic mass is 10.1. The molecule has 2 aromatic heterocycles. The Bertz CT molecular complexity index is 1330. The van der Waals surface area contributed by atoms with Crippen molar-refractivity contribution in [1.82, 2.24) is 9.55 Å². The molecular formula is C21H14ClN3O4S. The lowest BCUT2D eigenvalue weighted by Crippen LogP contribution is -2.27. The molecule has 0 fully saturated rings. The van der Waals surface area contributed by atoms with Crippen molar-refractivity contribution >= 4 is 44.7 Å². The highest BCUT2D eigenvalue weighted by atomic mass is 35.5. The van der Waals surface area contributed by atoms with Crippen molar-refractivity contribution in [3.63, 3.8) is 0 Å². The molecule has 0 radical (unpaired) electrons. The number of fused-ring (bicyclic) bond motifs is 2. The zero-order valence-electron chi connectivity index (χ0n) is 15.4. The lowest BCUT2D eigenvalue weighted by molar-refractivity contribution is -0.116. The molecule has 150 valence electrons. The van der Waals surface area contributed by atoms with Crippen LogP contribution in [0.1, 0.15) is 0 Å². The molecule has 9 heteroatoms. The number of nitrogens with zero attached hydrogens (tertiary/aromatic N) is 2. The number of carbonyl (C=O) groups is 1. The highest BCUT2D eigenvalue weighted by Crippen LogP contribution is 2.34. The van der Waals surface area contributed by atoms with Crippen molar-refractivity contribution in [2.24, 2.45) is 0 Å². The van der Waals surface area contributed by atoms with Gasteiger partial charge in [0.1, 0.15) is 11.2 Å². The van der Waals surface area contributed by atoms with E-state index in [0.29, 0.717) is 32.4 Å². The van der Waals surface area contributed by atoms with E-state index in [0.717, 1.165) is 11.1 Å². The topological polar surface area (TPSA) is 82.5 Å². The van der Waals surface area contributed by atoms with Crippen molar-refractivity contribution in [2.75, 3.05) is 12.1 Å². The smallest absolute Gasteiger partial charge is 0.271 e. The maximum atomic E-state index is 12.9. The molecule has 1 aliphatic rings. The number of hydrogen-bond acceptors (Lipinski definition) is 6. The first kappa shape index (κ1) is 18.7. The molecule has 0 bridgehead atoms. The highest BCUT2D eigenvalue weighted by molar-refractivity contribution is 7.17. The maximum absolute atomic E-state index is 12.9. The molecule has 1 amide bonds. The van der Waals surface area contributed by atoms with Crippen molar-refractivity contribution in [3.8, 4) is 22.6 Å². The van der Waals surface area contributed by atoms with Crippen LogP contribution >= 0.6 is 22.9 Å². The van der Waals surface area contributed by atoms with Gasteiger partial charge < -0.3 is 14.8 Å². The molecule has 0 unspecified atom stereocenters. The van der Waals surface area contributed by atoms with Crippen LogP contribution in [0.15, 0.2) is 59.0 Å². The molecule has 4 aromatic rings. The summed E-state index contributed by atoms with van der Waals surface area (Å²) in [5.74, 6) is 0.862. The van der Waals surface area contributed by atoms with E-state index < -0.39 is 0 Å². The maximum Gasteiger partial charge on any atom is 0.271 e. The zero-order chi connectivity index (χ0) is 20.7. The van der Waals surface area contributed by atoms with E-state index in [9.17, 15) is 9.59 Å². The average molecular weight is 440 g/mol. The van der Waals surface area contributed by atoms with Crippen LogP contribution in [0.3, 0.4) is 0 Å². The predicted octanol–water partition coefficient (Wildman–Crippen LogP) is 4.15. The van der Waals surface area contributed by atoms with Crippen LogP contribution in [-0.2, 0) is 11.3 Å². The third-order valence-corrected chi connectivity index (χ3v) is 5.88. The van der Waals surface area contributed by atoms with E-state index in [1.54, 1.807) is 30.3 Å². The monoisotopic (exact) mass is 439 g/mol. The Morgan fingerprint density at radius 1 is 1.17 bits per heavy atom. The number of anilines is 1. The Kier molecular flexibility index (Phi) is 4.65. The second-order valence-corrected chi connectivity index (χ2v) is 7.94. The Labute approximate surface area is 179 Å². The number of carbonyl (C=O) groups excluding carboxylic acids is 1. The summed E-state index contributed by atoms with van der Waals surface area (Å²) < 4.78 is 12.4. The van der Waals surface area contributed by atoms with Gasteiger partial charge in [-0.05, 0) is 29.8 Å². The first-order chi connectivity index (χ1) is 14.6. The van der Waals surface area contributed by atoms with Crippen LogP contribution in [0.25, 0.3) is 21.3 Å². The van der Waals surface area contributed by atoms with E-state index >= 15 is 0 Å². The molecule has 0 aliphatic carbocycles. The summed E-state index contributed by atoms with van der Waals surface area (Å²) in [6.07, 6.45) is 1.40. The lowest BCUT2D eigenvalue weighted by Gasteiger charge is -2.08. The van der Waals surface area contributed by atoms with Crippen LogP contribution in [0, 0.1) is 0 Å². The van der Waals surface area contributed by atoms with Gasteiger partial charge in [0.25, 0.3) is 5.56 Å². The summed E-state index contributed by atoms with van der Waals surface area (Å²) in [5, 5.41) is 5.29. The summed E-state index contributed by atoms with van der Waals surface area (Å²) >= 11 is 7.26. The van der Waals surface area contributed by atoms with Gasteiger partial charge in [0.05, 0.1) is 11.8 Å². The summed E-state index contributed by atoms with van der Waals surface area (Å²) in [4.78, 5) is 29.7. The fourth-order valence-electron chi connectivity index (χ4n) is 3.22. The fraction of sp³-hybridized carbons (Fsp3) is 0.0952. The van der Waals surface area contributed by atoms with Gasteiger partial charge in [-0.3, -0.25) is 14.2 Å². The molecule has 0 atom stereocenters. The number of rotatable bonds is 4. The summed E-state index contributed by atoms with van der Waals surface area (Å²) in [5.41, 5.74) is 2.70. The number of aromatic nitrogens is 2. The van der Waals surface area contributed by atoms with Gasteiger partial charge in [0, 0.05) is 27.7 Å². The minimum Gasteiger partial charge on any atom is -0.454 e. The van der Waals surface area contributed by atoms with Gasteiger partial charge in [-0.1, -0.05) is 23.7 Å². The van der Waals surface area contributed by atoms with Gasteiger partial charge in [-0.15, -0.1) is 11.3 Å². The molecule has 3 heterocycles. The summed E-state index contributed by atoms with van der Waals surface area (Å²) in [7, 11) is 0. The second kappa shape index (κ2) is 7.47. The number of ether oxygens (including phenoxy) is 2. The van der Waals surface area contributed by atoms with Crippen molar-refractivity contribution in [2.45, 2.75) is 6.54 Å². The van der Waals surface area contributed by atoms with E-state index in [4.69, 9.17) is 21.1 Å². The van der Waals surface area contributed by atoms with Crippen molar-refractivity contribution in [1.29, 1.82) is 0 Å². The Morgan fingerprint density at radius 2 is 1.97 bits per heavy atom. The number of thiophene rings is 1. The SMILES string of the molecule is O=C(Cn1cnc2c(-c3ccc(Cl)cc3)csc2c1=O)Nc1ccc2c(c1)OCO2. The van der Waals surface area contributed by atoms with Gasteiger partial charge in [-0.25, -0.2) is 4.98 Å². The van der Waals surface area contributed by atoms with Crippen LogP contribution in [0.5, 0.6) is 11.5 Å². The Balaban J connectivity index is 1.38. The Morgan fingerprint density at radius 3 is 2.80 bits per heavy atom. The first-order valence-corrected chi connectivity index (χ1v) is 10.3. The number of benzene rings is 2. The van der Waals surface area contributed by atoms with Crippen LogP contribution in [0.4, 0.5) is 5.69 Å². The van der Waals surface area contributed by atoms with Gasteiger partial charge >= 0.3 is 0 Å². The van der Waals surface area contributed by atoms with Crippen LogP contribution in [-0.4, -0.2) is 22.3 Å². The van der Waals surface area contributed by atoms with Gasteiger partial charge in [0.2, 0.25) is 12.7 Å². The number of hydrogen-bond donors (Lipinski definition) is 1. The third kappa shape index (κ3) is 3.40. The first-order valence-electron chi connectivity index (χ1n) is 9.00. The normalized spacial score (nSPS) is 12.3. The van der Waals surface area contributed by atoms with Gasteiger partial charge in [0.15, 0.2) is 11.5 Å². The molecule has 2 aromatic carbocycles. The minimum atomic E-state index is -0.341. The molecule has 7 nitrogen and oxygen atoms in total. The quantitative estimate of drug-likeness (QED) is 0.516. The van der Waals surface area contributed by atoms with Gasteiger partial charge in [-0.2, -0.15) is 0 Å². The number of amides is 1. The molecule has 0 saturated carbocycles. The third-order valence-electron chi connectivity index (χ3n) is 4.67. The van der Waals surface area contributed by atoms with E-state index in [-0.39, 0.29) is 24.8 Å². The second-order valence-electron chi connectivity index (χ2n) is 6.63. The molecule has 0 spiro atoms. The summed E-state index contributed by atoms with van der Waals surface area (Å²) in [6, 6.07) is 12.5. The van der Waals surface area contributed by atoms with Crippen molar-refractivity contribution < 1.29 is 14.3 Å². The summed E-state index contributed by atoms with van der Waals surface area (Å²) in [6.45, 7) is 0.0109. The molecule has 1 aliphatic heterocycles. The molecule has 30 heavy (non-hydrogen) atoms. The Hall–Kier alpha value is -3.36. The molecular weight excluding hydrogens is 426 g/mol. The number of nitrogens with one attached hydrogen (secondary N) is 1. The van der Waals surface area contributed by atoms with Crippen molar-refractivity contribution in [3.05, 3.63) is 69.5 Å². The molecule has 1 N–H and O–H groups in total. The fourth-order valence-corrected chi connectivity index (χ4v) is 4.32. The minimum absolute atomic E-state index is 0.148. The standard InChI is InChI=1S/C21H14ClN3O4S/c22-13-3-1-12(2-4-13)15-9-30-20-19(15)23-10-25(21(20)27)8-18(26)24-14-5-6-16-17(7-14)29-11-28-16/h1-7,9-10H,8,11H2,(H,24,26). The van der Waals surface area contributed by atoms with E-state index in [1.807, 2.05) is 17.5 Å². The van der Waals surface area contributed by atoms with E-state index in [2.05, 4.69) is 10.3 Å². The van der Waals surface area contributed by atoms with E-state index in [1.165, 1.54) is 22.2 Å². The molecule has 5 rings (SSSR count). The highest BCUT2D eigenvalue weighted by Gasteiger charge is 2.16. The number of halogens is 1. The van der Waals surface area contributed by atoms with Crippen LogP contribution in [0.2, 0.25) is 5.02 Å². The van der Waals surface area contributed by atoms with Crippen LogP contribution < -0.4 is 20.3 Å². The zero-order valence-corrected chi connectivity index (χ0v) is 17.0. The average Bonchev–Trinajstić information content (AvgIpc) is 3.37. The predicted molar refractivity (Wildman–Crippen MR) is 116 cm³/mol. The largest absolute Gasteiger partial charge is 0.454 e.